The average molecular weight is 228 g/mol. The number of rotatable bonds is 11. The maximum Gasteiger partial charge on any atom is 0.198 e. The molecule has 0 N–H and O–H groups in total. The van der Waals surface area contributed by atoms with Gasteiger partial charge >= 0.3 is 0 Å². The van der Waals surface area contributed by atoms with Gasteiger partial charge in [0.05, 0.1) is 19.5 Å². The number of hydrogen-bond acceptors (Lipinski definition) is 3. The fraction of sp³-hybridized carbons (Fsp3) is 0.846. The molecule has 0 spiro atoms. The fourth-order valence-corrected chi connectivity index (χ4v) is 1.59. The molecule has 94 valence electrons. The van der Waals surface area contributed by atoms with Gasteiger partial charge in [0.15, 0.2) is 6.29 Å². The smallest absolute Gasteiger partial charge is 0.198 e. The zero-order valence-electron chi connectivity index (χ0n) is 10.3. The van der Waals surface area contributed by atoms with Gasteiger partial charge in [0, 0.05) is 6.42 Å². The predicted octanol–water partition coefficient (Wildman–Crippen LogP) is 3.25. The fourth-order valence-electron chi connectivity index (χ4n) is 1.59. The van der Waals surface area contributed by atoms with E-state index in [1.807, 2.05) is 0 Å². The van der Waals surface area contributed by atoms with E-state index in [-0.39, 0.29) is 6.29 Å². The average Bonchev–Trinajstić information content (AvgIpc) is 3.09. The molecule has 3 heteroatoms. The molecule has 1 saturated heterocycles. The molecule has 1 heterocycles. The van der Waals surface area contributed by atoms with Crippen LogP contribution in [0, 0.1) is 0 Å². The van der Waals surface area contributed by atoms with Crippen molar-refractivity contribution < 1.29 is 14.2 Å². The summed E-state index contributed by atoms with van der Waals surface area (Å²) in [6.07, 6.45) is 8.90. The van der Waals surface area contributed by atoms with Crippen molar-refractivity contribution >= 4 is 0 Å². The van der Waals surface area contributed by atoms with Gasteiger partial charge in [-0.2, -0.15) is 0 Å². The summed E-state index contributed by atoms with van der Waals surface area (Å²) in [5.74, 6) is 0. The lowest BCUT2D eigenvalue weighted by Crippen LogP contribution is -2.17. The monoisotopic (exact) mass is 228 g/mol. The molecule has 0 amide bonds. The lowest BCUT2D eigenvalue weighted by Gasteiger charge is -2.16. The van der Waals surface area contributed by atoms with E-state index in [9.17, 15) is 0 Å². The molecule has 2 unspecified atom stereocenters. The number of unbranched alkanes of at least 4 members (excludes halogenated alkanes) is 4. The maximum atomic E-state index is 5.59. The number of ether oxygens (including phenoxy) is 3. The minimum Gasteiger partial charge on any atom is -0.473 e. The molecule has 0 aromatic carbocycles. The van der Waals surface area contributed by atoms with Crippen molar-refractivity contribution in [2.24, 2.45) is 0 Å². The van der Waals surface area contributed by atoms with Crippen LogP contribution >= 0.6 is 0 Å². The minimum absolute atomic E-state index is 0.136. The Bertz CT molecular complexity index is 178. The second-order valence-corrected chi connectivity index (χ2v) is 4.22. The minimum atomic E-state index is -0.136. The van der Waals surface area contributed by atoms with Crippen LogP contribution in [0.2, 0.25) is 0 Å². The molecule has 0 aromatic rings. The molecular weight excluding hydrogens is 204 g/mol. The van der Waals surface area contributed by atoms with E-state index in [0.717, 1.165) is 19.4 Å². The summed E-state index contributed by atoms with van der Waals surface area (Å²) in [4.78, 5) is 0. The van der Waals surface area contributed by atoms with Crippen molar-refractivity contribution in [3.63, 3.8) is 0 Å². The molecule has 0 aromatic heterocycles. The molecule has 16 heavy (non-hydrogen) atoms. The van der Waals surface area contributed by atoms with Crippen LogP contribution in [0.25, 0.3) is 0 Å². The maximum absolute atomic E-state index is 5.59. The van der Waals surface area contributed by atoms with Crippen LogP contribution in [0.15, 0.2) is 12.8 Å². The van der Waals surface area contributed by atoms with E-state index in [1.54, 1.807) is 0 Å². The van der Waals surface area contributed by atoms with E-state index in [4.69, 9.17) is 14.2 Å². The first-order chi connectivity index (χ1) is 7.86. The topological polar surface area (TPSA) is 31.0 Å². The van der Waals surface area contributed by atoms with Crippen molar-refractivity contribution in [1.82, 2.24) is 0 Å². The molecule has 3 nitrogen and oxygen atoms in total. The summed E-state index contributed by atoms with van der Waals surface area (Å²) in [5, 5.41) is 0. The summed E-state index contributed by atoms with van der Waals surface area (Å²) in [6.45, 7) is 7.27. The van der Waals surface area contributed by atoms with Gasteiger partial charge in [-0.25, -0.2) is 0 Å². The Morgan fingerprint density at radius 2 is 2.12 bits per heavy atom. The third kappa shape index (κ3) is 6.85. The Balaban J connectivity index is 1.99. The van der Waals surface area contributed by atoms with Crippen molar-refractivity contribution in [3.8, 4) is 0 Å². The van der Waals surface area contributed by atoms with E-state index in [2.05, 4.69) is 13.5 Å². The predicted molar refractivity (Wildman–Crippen MR) is 64.1 cm³/mol. The zero-order valence-corrected chi connectivity index (χ0v) is 10.3. The molecule has 1 rings (SSSR count). The first-order valence-corrected chi connectivity index (χ1v) is 6.36. The van der Waals surface area contributed by atoms with Gasteiger partial charge in [-0.1, -0.05) is 39.2 Å². The summed E-state index contributed by atoms with van der Waals surface area (Å²) in [5.41, 5.74) is 0. The molecular formula is C13H24O3. The molecule has 0 saturated carbocycles. The van der Waals surface area contributed by atoms with E-state index < -0.39 is 0 Å². The lowest BCUT2D eigenvalue weighted by atomic mass is 10.1. The van der Waals surface area contributed by atoms with Gasteiger partial charge in [0.2, 0.25) is 0 Å². The van der Waals surface area contributed by atoms with Crippen LogP contribution in [-0.4, -0.2) is 25.6 Å². The highest BCUT2D eigenvalue weighted by Crippen LogP contribution is 2.14. The van der Waals surface area contributed by atoms with Crippen molar-refractivity contribution in [1.29, 1.82) is 0 Å². The molecule has 1 aliphatic rings. The Morgan fingerprint density at radius 3 is 2.75 bits per heavy atom. The number of epoxide rings is 1. The summed E-state index contributed by atoms with van der Waals surface area (Å²) >= 11 is 0. The zero-order chi connectivity index (χ0) is 11.6. The highest BCUT2D eigenvalue weighted by molar-refractivity contribution is 4.68. The lowest BCUT2D eigenvalue weighted by molar-refractivity contribution is -0.114. The quantitative estimate of drug-likeness (QED) is 0.235. The van der Waals surface area contributed by atoms with Crippen molar-refractivity contribution in [2.45, 2.75) is 57.8 Å². The molecule has 1 aliphatic heterocycles. The van der Waals surface area contributed by atoms with E-state index in [1.165, 1.54) is 31.9 Å². The van der Waals surface area contributed by atoms with Crippen LogP contribution in [0.1, 0.15) is 45.4 Å². The van der Waals surface area contributed by atoms with Crippen molar-refractivity contribution in [3.05, 3.63) is 12.8 Å². The highest BCUT2D eigenvalue weighted by atomic mass is 16.7. The van der Waals surface area contributed by atoms with Gasteiger partial charge in [-0.05, 0) is 6.42 Å². The third-order valence-electron chi connectivity index (χ3n) is 2.66. The van der Waals surface area contributed by atoms with Gasteiger partial charge in [-0.15, -0.1) is 0 Å². The van der Waals surface area contributed by atoms with Gasteiger partial charge in [-0.3, -0.25) is 0 Å². The Hall–Kier alpha value is -0.540. The molecule has 0 aliphatic carbocycles. The molecule has 2 atom stereocenters. The Kier molecular flexibility index (Phi) is 7.26. The van der Waals surface area contributed by atoms with Gasteiger partial charge in [0.25, 0.3) is 0 Å². The second-order valence-electron chi connectivity index (χ2n) is 4.22. The summed E-state index contributed by atoms with van der Waals surface area (Å²) < 4.78 is 16.0. The van der Waals surface area contributed by atoms with E-state index >= 15 is 0 Å². The summed E-state index contributed by atoms with van der Waals surface area (Å²) in [6, 6.07) is 0. The first-order valence-electron chi connectivity index (χ1n) is 6.36. The van der Waals surface area contributed by atoms with Crippen LogP contribution in [0.4, 0.5) is 0 Å². The molecule has 0 radical (unpaired) electrons. The van der Waals surface area contributed by atoms with Gasteiger partial charge < -0.3 is 14.2 Å². The van der Waals surface area contributed by atoms with Crippen LogP contribution in [0.3, 0.4) is 0 Å². The van der Waals surface area contributed by atoms with Crippen LogP contribution in [0.5, 0.6) is 0 Å². The molecule has 0 bridgehead atoms. The van der Waals surface area contributed by atoms with Gasteiger partial charge in [0.1, 0.15) is 6.10 Å². The SMILES string of the molecule is C=COC(CCCCCCC)OCC1CO1. The van der Waals surface area contributed by atoms with Crippen LogP contribution < -0.4 is 0 Å². The first kappa shape index (κ1) is 13.5. The van der Waals surface area contributed by atoms with Crippen LogP contribution in [-0.2, 0) is 14.2 Å². The van der Waals surface area contributed by atoms with Crippen molar-refractivity contribution in [2.75, 3.05) is 13.2 Å². The summed E-state index contributed by atoms with van der Waals surface area (Å²) in [7, 11) is 0. The standard InChI is InChI=1S/C13H24O3/c1-3-5-6-7-8-9-13(14-4-2)16-11-12-10-15-12/h4,12-13H,2-3,5-11H2,1H3. The largest absolute Gasteiger partial charge is 0.473 e. The molecule has 1 fully saturated rings. The number of hydrogen-bond donors (Lipinski definition) is 0. The highest BCUT2D eigenvalue weighted by Gasteiger charge is 2.24. The Labute approximate surface area is 98.8 Å². The second kappa shape index (κ2) is 8.59. The Morgan fingerprint density at radius 1 is 1.38 bits per heavy atom. The van der Waals surface area contributed by atoms with E-state index in [0.29, 0.717) is 12.7 Å². The normalized spacial score (nSPS) is 20.4. The third-order valence-corrected chi connectivity index (χ3v) is 2.66.